The van der Waals surface area contributed by atoms with Crippen LogP contribution in [0, 0.1) is 0 Å². The molecule has 1 heteroatoms. The fourth-order valence-electron chi connectivity index (χ4n) is 2.87. The monoisotopic (exact) mass is 243 g/mol. The zero-order chi connectivity index (χ0) is 13.5. The summed E-state index contributed by atoms with van der Waals surface area (Å²) in [6.07, 6.45) is 17.2. The third kappa shape index (κ3) is 3.33. The van der Waals surface area contributed by atoms with Gasteiger partial charge in [-0.25, -0.2) is 0 Å². The van der Waals surface area contributed by atoms with Crippen molar-refractivity contribution in [2.24, 2.45) is 0 Å². The molecule has 18 heavy (non-hydrogen) atoms. The van der Waals surface area contributed by atoms with Crippen molar-refractivity contribution in [3.8, 4) is 0 Å². The first kappa shape index (κ1) is 14.7. The predicted octanol–water partition coefficient (Wildman–Crippen LogP) is 4.32. The molecule has 0 saturated heterocycles. The summed E-state index contributed by atoms with van der Waals surface area (Å²) >= 11 is 0. The van der Waals surface area contributed by atoms with Crippen molar-refractivity contribution in [1.82, 2.24) is 5.32 Å². The summed E-state index contributed by atoms with van der Waals surface area (Å²) in [5, 5.41) is 3.81. The fourth-order valence-corrected chi connectivity index (χ4v) is 2.87. The van der Waals surface area contributed by atoms with Crippen LogP contribution in [0.5, 0.6) is 0 Å². The topological polar surface area (TPSA) is 12.0 Å². The quantitative estimate of drug-likeness (QED) is 0.626. The summed E-state index contributed by atoms with van der Waals surface area (Å²) < 4.78 is 0. The zero-order valence-corrected chi connectivity index (χ0v) is 11.3. The van der Waals surface area contributed by atoms with Crippen LogP contribution in [0.2, 0.25) is 0 Å². The summed E-state index contributed by atoms with van der Waals surface area (Å²) in [6.45, 7) is 15.5. The highest BCUT2D eigenvalue weighted by Gasteiger charge is 2.38. The van der Waals surface area contributed by atoms with Crippen LogP contribution in [0.3, 0.4) is 0 Å². The molecule has 0 aromatic heterocycles. The van der Waals surface area contributed by atoms with Gasteiger partial charge in [0, 0.05) is 11.1 Å². The van der Waals surface area contributed by atoms with Crippen molar-refractivity contribution < 1.29 is 0 Å². The number of rotatable bonds is 8. The minimum atomic E-state index is -0.0478. The van der Waals surface area contributed by atoms with Crippen LogP contribution in [-0.2, 0) is 0 Å². The minimum absolute atomic E-state index is 0.0459. The van der Waals surface area contributed by atoms with E-state index < -0.39 is 0 Å². The lowest BCUT2D eigenvalue weighted by atomic mass is 9.77. The molecule has 0 bridgehead atoms. The van der Waals surface area contributed by atoms with Gasteiger partial charge in [0.25, 0.3) is 0 Å². The Bertz CT molecular complexity index is 329. The van der Waals surface area contributed by atoms with E-state index in [-0.39, 0.29) is 11.1 Å². The van der Waals surface area contributed by atoms with E-state index in [1.54, 1.807) is 0 Å². The summed E-state index contributed by atoms with van der Waals surface area (Å²) in [4.78, 5) is 0. The Labute approximate surface area is 112 Å². The maximum Gasteiger partial charge on any atom is 0.0438 e. The molecule has 0 unspecified atom stereocenters. The van der Waals surface area contributed by atoms with Crippen LogP contribution in [0.15, 0.2) is 62.8 Å². The first-order valence-corrected chi connectivity index (χ1v) is 6.56. The predicted molar refractivity (Wildman–Crippen MR) is 81.6 cm³/mol. The summed E-state index contributed by atoms with van der Waals surface area (Å²) in [5.74, 6) is 0. The highest BCUT2D eigenvalue weighted by atomic mass is 15.1. The average Bonchev–Trinajstić information content (AvgIpc) is 2.30. The third-order valence-electron chi connectivity index (χ3n) is 3.55. The van der Waals surface area contributed by atoms with Crippen LogP contribution >= 0.6 is 0 Å². The van der Waals surface area contributed by atoms with Crippen LogP contribution in [0.25, 0.3) is 0 Å². The lowest BCUT2D eigenvalue weighted by Gasteiger charge is -2.46. The van der Waals surface area contributed by atoms with Gasteiger partial charge in [0.1, 0.15) is 0 Å². The molecule has 0 atom stereocenters. The second-order valence-electron chi connectivity index (χ2n) is 5.14. The van der Waals surface area contributed by atoms with E-state index in [0.29, 0.717) is 0 Å². The van der Waals surface area contributed by atoms with Gasteiger partial charge < -0.3 is 5.32 Å². The van der Waals surface area contributed by atoms with Gasteiger partial charge in [-0.15, -0.1) is 26.3 Å². The minimum Gasteiger partial charge on any atom is -0.301 e. The van der Waals surface area contributed by atoms with Crippen molar-refractivity contribution in [3.05, 3.63) is 62.8 Å². The van der Waals surface area contributed by atoms with E-state index in [0.717, 1.165) is 32.1 Å². The highest BCUT2D eigenvalue weighted by molar-refractivity contribution is 5.21. The molecular formula is C17H25N. The van der Waals surface area contributed by atoms with Crippen LogP contribution in [0.1, 0.15) is 32.1 Å². The number of hydrogen-bond acceptors (Lipinski definition) is 1. The molecule has 0 radical (unpaired) electrons. The molecular weight excluding hydrogens is 218 g/mol. The van der Waals surface area contributed by atoms with Crippen molar-refractivity contribution >= 4 is 0 Å². The van der Waals surface area contributed by atoms with Gasteiger partial charge in [-0.2, -0.15) is 0 Å². The highest BCUT2D eigenvalue weighted by Crippen LogP contribution is 2.33. The van der Waals surface area contributed by atoms with Crippen LogP contribution in [0.4, 0.5) is 0 Å². The van der Waals surface area contributed by atoms with Crippen molar-refractivity contribution in [3.63, 3.8) is 0 Å². The lowest BCUT2D eigenvalue weighted by Crippen LogP contribution is -2.58. The van der Waals surface area contributed by atoms with Gasteiger partial charge in [-0.05, 0) is 32.1 Å². The molecule has 0 aromatic carbocycles. The largest absolute Gasteiger partial charge is 0.301 e. The Morgan fingerprint density at radius 3 is 1.83 bits per heavy atom. The van der Waals surface area contributed by atoms with Crippen molar-refractivity contribution in [2.75, 3.05) is 0 Å². The summed E-state index contributed by atoms with van der Waals surface area (Å²) in [5.41, 5.74) is -0.00194. The second-order valence-corrected chi connectivity index (χ2v) is 5.14. The Hall–Kier alpha value is -1.34. The number of nitrogens with one attached hydrogen (secondary N) is 1. The molecule has 1 aliphatic heterocycles. The third-order valence-corrected chi connectivity index (χ3v) is 3.55. The molecule has 0 aromatic rings. The van der Waals surface area contributed by atoms with Crippen LogP contribution < -0.4 is 5.32 Å². The van der Waals surface area contributed by atoms with E-state index >= 15 is 0 Å². The average molecular weight is 243 g/mol. The first-order valence-electron chi connectivity index (χ1n) is 6.56. The van der Waals surface area contributed by atoms with Crippen molar-refractivity contribution in [2.45, 2.75) is 43.2 Å². The molecule has 0 amide bonds. The van der Waals surface area contributed by atoms with E-state index in [1.165, 1.54) is 0 Å². The maximum atomic E-state index is 3.88. The molecule has 1 N–H and O–H groups in total. The molecule has 0 aliphatic carbocycles. The first-order chi connectivity index (χ1) is 8.66. The normalized spacial score (nSPS) is 20.0. The molecule has 1 nitrogen and oxygen atoms in total. The Morgan fingerprint density at radius 1 is 0.889 bits per heavy atom. The van der Waals surface area contributed by atoms with E-state index in [2.05, 4.69) is 43.8 Å². The molecule has 0 spiro atoms. The van der Waals surface area contributed by atoms with Crippen LogP contribution in [-0.4, -0.2) is 11.1 Å². The number of hydrogen-bond donors (Lipinski definition) is 1. The molecule has 1 heterocycles. The zero-order valence-electron chi connectivity index (χ0n) is 11.3. The maximum absolute atomic E-state index is 3.88. The molecule has 0 fully saturated rings. The van der Waals surface area contributed by atoms with E-state index in [9.17, 15) is 0 Å². The fraction of sp³-hybridized carbons (Fsp3) is 0.412. The molecule has 98 valence electrons. The van der Waals surface area contributed by atoms with Crippen molar-refractivity contribution in [1.29, 1.82) is 0 Å². The van der Waals surface area contributed by atoms with E-state index in [4.69, 9.17) is 0 Å². The standard InChI is InChI=1S/C17H25N/c1-5-10-16(11-6-2)14-9-15-17(18-16,12-7-3)13-8-4/h5-9,14,18H,1-4,10-13,15H2. The van der Waals surface area contributed by atoms with Gasteiger partial charge in [-0.1, -0.05) is 36.5 Å². The molecule has 0 saturated carbocycles. The smallest absolute Gasteiger partial charge is 0.0438 e. The molecule has 1 rings (SSSR count). The summed E-state index contributed by atoms with van der Waals surface area (Å²) in [7, 11) is 0. The Balaban J connectivity index is 3.01. The van der Waals surface area contributed by atoms with Gasteiger partial charge >= 0.3 is 0 Å². The molecule has 1 aliphatic rings. The Kier molecular flexibility index (Phi) is 5.36. The van der Waals surface area contributed by atoms with E-state index in [1.807, 2.05) is 24.3 Å². The SMILES string of the molecule is C=CCC1(CC=C)C=CCC(CC=C)(CC=C)N1. The van der Waals surface area contributed by atoms with Gasteiger partial charge in [0.2, 0.25) is 0 Å². The second kappa shape index (κ2) is 6.55. The van der Waals surface area contributed by atoms with Gasteiger partial charge in [0.05, 0.1) is 0 Å². The van der Waals surface area contributed by atoms with Gasteiger partial charge in [0.15, 0.2) is 0 Å². The Morgan fingerprint density at radius 2 is 1.39 bits per heavy atom. The van der Waals surface area contributed by atoms with Gasteiger partial charge in [-0.3, -0.25) is 0 Å². The lowest BCUT2D eigenvalue weighted by molar-refractivity contribution is 0.226. The summed E-state index contributed by atoms with van der Waals surface area (Å²) in [6, 6.07) is 0.